The Bertz CT molecular complexity index is 730. The van der Waals surface area contributed by atoms with Crippen LogP contribution in [-0.4, -0.2) is 19.8 Å². The molecule has 0 amide bonds. The first kappa shape index (κ1) is 15.3. The van der Waals surface area contributed by atoms with E-state index < -0.39 is 0 Å². The standard InChI is InChI=1S/C19H22O2S/c1-4-20-10-11-21-18-15-7-5-14(13(2)3)6-8-16(15)19-17(18)9-12-22-19/h5-9,12-13H,4,10-11H2,1-3H3. The normalized spacial score (nSPS) is 11.6. The second-order valence-corrected chi connectivity index (χ2v) is 6.60. The lowest BCUT2D eigenvalue weighted by atomic mass is 10.1. The van der Waals surface area contributed by atoms with Crippen molar-refractivity contribution in [2.75, 3.05) is 19.8 Å². The molecule has 1 heterocycles. The molecule has 0 aliphatic heterocycles. The fourth-order valence-corrected chi connectivity index (χ4v) is 3.65. The van der Waals surface area contributed by atoms with Crippen LogP contribution in [0.15, 0.2) is 35.7 Å². The van der Waals surface area contributed by atoms with Crippen LogP contribution in [0.4, 0.5) is 0 Å². The predicted octanol–water partition coefficient (Wildman–Crippen LogP) is 5.54. The molecular weight excluding hydrogens is 292 g/mol. The average molecular weight is 314 g/mol. The summed E-state index contributed by atoms with van der Waals surface area (Å²) >= 11 is 1.78. The van der Waals surface area contributed by atoms with Crippen LogP contribution in [0.25, 0.3) is 21.2 Å². The van der Waals surface area contributed by atoms with Crippen LogP contribution in [0.1, 0.15) is 32.3 Å². The molecule has 0 unspecified atom stereocenters. The molecule has 0 atom stereocenters. The van der Waals surface area contributed by atoms with Gasteiger partial charge in [0, 0.05) is 27.8 Å². The molecule has 1 aromatic heterocycles. The molecule has 0 saturated carbocycles. The van der Waals surface area contributed by atoms with Gasteiger partial charge in [0.2, 0.25) is 0 Å². The van der Waals surface area contributed by atoms with Crippen molar-refractivity contribution in [1.82, 2.24) is 0 Å². The highest BCUT2D eigenvalue weighted by atomic mass is 32.1. The van der Waals surface area contributed by atoms with Gasteiger partial charge in [0.15, 0.2) is 0 Å². The van der Waals surface area contributed by atoms with Crippen molar-refractivity contribution in [3.8, 4) is 16.9 Å². The summed E-state index contributed by atoms with van der Waals surface area (Å²) in [7, 11) is 0. The Morgan fingerprint density at radius 3 is 2.50 bits per heavy atom. The summed E-state index contributed by atoms with van der Waals surface area (Å²) in [5.41, 5.74) is 3.83. The highest BCUT2D eigenvalue weighted by molar-refractivity contribution is 7.18. The minimum Gasteiger partial charge on any atom is -0.490 e. The first-order valence-electron chi connectivity index (χ1n) is 7.85. The fraction of sp³-hybridized carbons (Fsp3) is 0.368. The van der Waals surface area contributed by atoms with E-state index in [4.69, 9.17) is 9.47 Å². The van der Waals surface area contributed by atoms with Crippen LogP contribution in [0, 0.1) is 0 Å². The van der Waals surface area contributed by atoms with Crippen LogP contribution in [0.5, 0.6) is 5.75 Å². The molecule has 3 heteroatoms. The van der Waals surface area contributed by atoms with Crippen molar-refractivity contribution in [1.29, 1.82) is 0 Å². The van der Waals surface area contributed by atoms with Gasteiger partial charge in [0.1, 0.15) is 12.4 Å². The van der Waals surface area contributed by atoms with Crippen LogP contribution in [-0.2, 0) is 4.74 Å². The number of rotatable bonds is 6. The number of ether oxygens (including phenoxy) is 2. The highest BCUT2D eigenvalue weighted by Crippen LogP contribution is 2.46. The third-order valence-electron chi connectivity index (χ3n) is 3.92. The molecule has 0 bridgehead atoms. The number of fused-ring (bicyclic) bond motifs is 3. The highest BCUT2D eigenvalue weighted by Gasteiger charge is 2.19. The molecular formula is C19H22O2S. The fourth-order valence-electron chi connectivity index (χ4n) is 2.72. The van der Waals surface area contributed by atoms with Crippen molar-refractivity contribution in [2.45, 2.75) is 26.7 Å². The lowest BCUT2D eigenvalue weighted by molar-refractivity contribution is 0.111. The van der Waals surface area contributed by atoms with Gasteiger partial charge in [0.25, 0.3) is 0 Å². The van der Waals surface area contributed by atoms with E-state index >= 15 is 0 Å². The molecule has 1 aromatic rings. The first-order valence-corrected chi connectivity index (χ1v) is 8.73. The molecule has 0 saturated heterocycles. The van der Waals surface area contributed by atoms with Crippen LogP contribution < -0.4 is 4.74 Å². The second-order valence-electron chi connectivity index (χ2n) is 5.69. The van der Waals surface area contributed by atoms with E-state index in [0.717, 1.165) is 12.4 Å². The quantitative estimate of drug-likeness (QED) is 0.556. The Morgan fingerprint density at radius 2 is 1.77 bits per heavy atom. The van der Waals surface area contributed by atoms with E-state index in [9.17, 15) is 0 Å². The van der Waals surface area contributed by atoms with Gasteiger partial charge in [-0.25, -0.2) is 0 Å². The minimum absolute atomic E-state index is 0.526. The number of hydrogen-bond donors (Lipinski definition) is 0. The van der Waals surface area contributed by atoms with E-state index in [2.05, 4.69) is 49.6 Å². The summed E-state index contributed by atoms with van der Waals surface area (Å²) < 4.78 is 12.8. The Kier molecular flexibility index (Phi) is 4.65. The van der Waals surface area contributed by atoms with E-state index in [-0.39, 0.29) is 0 Å². The van der Waals surface area contributed by atoms with Crippen LogP contribution in [0.3, 0.4) is 0 Å². The van der Waals surface area contributed by atoms with Crippen molar-refractivity contribution >= 4 is 21.4 Å². The summed E-state index contributed by atoms with van der Waals surface area (Å²) in [6.07, 6.45) is 0. The summed E-state index contributed by atoms with van der Waals surface area (Å²) in [6, 6.07) is 11.0. The Morgan fingerprint density at radius 1 is 1.00 bits per heavy atom. The van der Waals surface area contributed by atoms with E-state index in [1.807, 2.05) is 6.92 Å². The summed E-state index contributed by atoms with van der Waals surface area (Å²) in [6.45, 7) is 8.40. The van der Waals surface area contributed by atoms with Gasteiger partial charge < -0.3 is 9.47 Å². The molecule has 0 N–H and O–H groups in total. The summed E-state index contributed by atoms with van der Waals surface area (Å²) in [5, 5.41) is 3.35. The maximum atomic E-state index is 6.06. The molecule has 3 rings (SSSR count). The van der Waals surface area contributed by atoms with Crippen molar-refractivity contribution in [3.05, 3.63) is 41.3 Å². The Hall–Kier alpha value is -1.58. The van der Waals surface area contributed by atoms with Gasteiger partial charge in [-0.05, 0) is 29.9 Å². The maximum absolute atomic E-state index is 6.06. The van der Waals surface area contributed by atoms with Gasteiger partial charge in [-0.15, -0.1) is 11.3 Å². The van der Waals surface area contributed by atoms with E-state index in [0.29, 0.717) is 19.1 Å². The molecule has 22 heavy (non-hydrogen) atoms. The van der Waals surface area contributed by atoms with Gasteiger partial charge in [0.05, 0.1) is 6.61 Å². The van der Waals surface area contributed by atoms with Crippen LogP contribution >= 0.6 is 11.3 Å². The number of thiophene rings is 1. The summed E-state index contributed by atoms with van der Waals surface area (Å²) in [5.74, 6) is 1.52. The average Bonchev–Trinajstić information content (AvgIpc) is 2.99. The molecule has 0 radical (unpaired) electrons. The largest absolute Gasteiger partial charge is 0.490 e. The smallest absolute Gasteiger partial charge is 0.135 e. The zero-order valence-electron chi connectivity index (χ0n) is 13.4. The van der Waals surface area contributed by atoms with Crippen molar-refractivity contribution in [2.24, 2.45) is 0 Å². The zero-order chi connectivity index (χ0) is 15.5. The van der Waals surface area contributed by atoms with Crippen molar-refractivity contribution < 1.29 is 9.47 Å². The van der Waals surface area contributed by atoms with Crippen LogP contribution in [0.2, 0.25) is 0 Å². The molecule has 116 valence electrons. The van der Waals surface area contributed by atoms with Gasteiger partial charge in [-0.1, -0.05) is 38.1 Å². The lowest BCUT2D eigenvalue weighted by Crippen LogP contribution is -2.06. The SMILES string of the molecule is CCOCCOc1c2ccc(C(C)C)ccc-2c2sccc12. The van der Waals surface area contributed by atoms with E-state index in [1.165, 1.54) is 26.8 Å². The maximum Gasteiger partial charge on any atom is 0.135 e. The molecule has 2 aliphatic rings. The third-order valence-corrected chi connectivity index (χ3v) is 4.87. The Labute approximate surface area is 136 Å². The van der Waals surface area contributed by atoms with Gasteiger partial charge in [-0.2, -0.15) is 0 Å². The van der Waals surface area contributed by atoms with E-state index in [1.54, 1.807) is 11.3 Å². The van der Waals surface area contributed by atoms with Crippen molar-refractivity contribution in [3.63, 3.8) is 0 Å². The molecule has 0 spiro atoms. The molecule has 0 fully saturated rings. The lowest BCUT2D eigenvalue weighted by Gasteiger charge is -2.07. The van der Waals surface area contributed by atoms with Gasteiger partial charge >= 0.3 is 0 Å². The minimum atomic E-state index is 0.526. The predicted molar refractivity (Wildman–Crippen MR) is 94.5 cm³/mol. The molecule has 2 nitrogen and oxygen atoms in total. The third kappa shape index (κ3) is 2.83. The van der Waals surface area contributed by atoms with Gasteiger partial charge in [-0.3, -0.25) is 0 Å². The monoisotopic (exact) mass is 314 g/mol. The zero-order valence-corrected chi connectivity index (χ0v) is 14.2. The Balaban J connectivity index is 2.03. The summed E-state index contributed by atoms with van der Waals surface area (Å²) in [4.78, 5) is 0. The topological polar surface area (TPSA) is 18.5 Å². The first-order chi connectivity index (χ1) is 10.7. The molecule has 2 aliphatic carbocycles. The molecule has 0 aromatic carbocycles. The second kappa shape index (κ2) is 6.67. The number of hydrogen-bond acceptors (Lipinski definition) is 3.